The summed E-state index contributed by atoms with van der Waals surface area (Å²) in [6, 6.07) is 0. The van der Waals surface area contributed by atoms with E-state index < -0.39 is 20.3 Å². The van der Waals surface area contributed by atoms with Crippen molar-refractivity contribution in [2.75, 3.05) is 0 Å². The van der Waals surface area contributed by atoms with Crippen LogP contribution in [-0.4, -0.2) is 17.7 Å². The van der Waals surface area contributed by atoms with E-state index in [1.165, 1.54) is 13.8 Å². The molecule has 0 N–H and O–H groups in total. The first-order valence-corrected chi connectivity index (χ1v) is 5.42. The van der Waals surface area contributed by atoms with E-state index in [2.05, 4.69) is 0 Å². The quantitative estimate of drug-likeness (QED) is 0.583. The minimum Gasteiger partial charge on any atom is -0.748 e. The second-order valence-electron chi connectivity index (χ2n) is 4.20. The third kappa shape index (κ3) is 10.4. The molecular formula is C15H45O3S-. The van der Waals surface area contributed by atoms with E-state index in [0.717, 1.165) is 0 Å². The molecule has 0 heterocycles. The van der Waals surface area contributed by atoms with Gasteiger partial charge in [0, 0.05) is 0 Å². The molecule has 4 heteroatoms. The summed E-state index contributed by atoms with van der Waals surface area (Å²) in [5.74, 6) is 0. The maximum Gasteiger partial charge on any atom is 0.100 e. The Morgan fingerprint density at radius 1 is 0.789 bits per heavy atom. The van der Waals surface area contributed by atoms with Gasteiger partial charge in [-0.1, -0.05) is 72.8 Å². The normalized spacial score (nSPS) is 9.37. The molecule has 0 unspecified atom stereocenters. The summed E-state index contributed by atoms with van der Waals surface area (Å²) in [5.41, 5.74) is -0.479. The Morgan fingerprint density at radius 2 is 1.00 bits per heavy atom. The van der Waals surface area contributed by atoms with Gasteiger partial charge in [0.05, 0.1) is 4.75 Å². The lowest BCUT2D eigenvalue weighted by Crippen LogP contribution is -2.45. The molecule has 0 saturated carbocycles. The zero-order valence-electron chi connectivity index (χ0n) is 8.34. The molecule has 0 fully saturated rings. The van der Waals surface area contributed by atoms with Crippen LogP contribution in [0.2, 0.25) is 0 Å². The molecule has 0 rings (SSSR count). The predicted molar refractivity (Wildman–Crippen MR) is 95.0 cm³/mol. The van der Waals surface area contributed by atoms with Gasteiger partial charge in [0.2, 0.25) is 0 Å². The Labute approximate surface area is 127 Å². The predicted octanol–water partition coefficient (Wildman–Crippen LogP) is 6.20. The highest BCUT2D eigenvalue weighted by Crippen LogP contribution is 2.38. The van der Waals surface area contributed by atoms with Gasteiger partial charge < -0.3 is 4.55 Å². The fourth-order valence-electron chi connectivity index (χ4n) is 0.764. The van der Waals surface area contributed by atoms with Gasteiger partial charge in [0.1, 0.15) is 10.1 Å². The lowest BCUT2D eigenvalue weighted by atomic mass is 9.78. The van der Waals surface area contributed by atoms with Gasteiger partial charge >= 0.3 is 0 Å². The van der Waals surface area contributed by atoms with E-state index in [9.17, 15) is 13.0 Å². The lowest BCUT2D eigenvalue weighted by Gasteiger charge is -2.42. The van der Waals surface area contributed by atoms with E-state index in [0.29, 0.717) is 6.42 Å². The maximum atomic E-state index is 10.9. The highest BCUT2D eigenvalue weighted by Gasteiger charge is 2.40. The zero-order chi connectivity index (χ0) is 10.2. The van der Waals surface area contributed by atoms with Crippen LogP contribution in [-0.2, 0) is 10.1 Å². The highest BCUT2D eigenvalue weighted by molar-refractivity contribution is 7.87. The molecule has 0 spiro atoms. The Hall–Kier alpha value is -0.0900. The third-order valence-electron chi connectivity index (χ3n) is 3.14. The Balaban J connectivity index is -0.0000000288. The molecule has 0 saturated heterocycles. The second-order valence-corrected chi connectivity index (χ2v) is 6.13. The average Bonchev–Trinajstić information content (AvgIpc) is 1.85. The van der Waals surface area contributed by atoms with Crippen molar-refractivity contribution in [3.63, 3.8) is 0 Å². The van der Waals surface area contributed by atoms with Crippen LogP contribution in [0.3, 0.4) is 0 Å². The fraction of sp³-hybridized carbons (Fsp3) is 1.00. The number of hydrogen-bond donors (Lipinski definition) is 0. The van der Waals surface area contributed by atoms with Crippen molar-refractivity contribution in [2.45, 2.75) is 97.8 Å². The molecule has 0 atom stereocenters. The van der Waals surface area contributed by atoms with Gasteiger partial charge in [-0.2, -0.15) is 0 Å². The van der Waals surface area contributed by atoms with Crippen molar-refractivity contribution in [1.82, 2.24) is 0 Å². The van der Waals surface area contributed by atoms with Crippen LogP contribution in [0.4, 0.5) is 0 Å². The molecule has 3 nitrogen and oxygen atoms in total. The van der Waals surface area contributed by atoms with Crippen molar-refractivity contribution in [3.8, 4) is 0 Å². The lowest BCUT2D eigenvalue weighted by molar-refractivity contribution is 0.241. The number of rotatable bonds is 3. The third-order valence-corrected chi connectivity index (χ3v) is 4.94. The van der Waals surface area contributed by atoms with Crippen LogP contribution >= 0.6 is 0 Å². The second kappa shape index (κ2) is 14.3. The molecule has 19 heavy (non-hydrogen) atoms. The molecule has 0 aliphatic carbocycles. The van der Waals surface area contributed by atoms with Gasteiger partial charge in [0.25, 0.3) is 0 Å². The van der Waals surface area contributed by atoms with Crippen molar-refractivity contribution >= 4 is 10.1 Å². The molecule has 130 valence electrons. The van der Waals surface area contributed by atoms with E-state index in [4.69, 9.17) is 0 Å². The SMILES string of the molecule is C.C.C.C.C.C.C.CCC(C)(C)C(C)(C)S(=O)(=O)[O-]. The molecule has 0 radical (unpaired) electrons. The van der Waals surface area contributed by atoms with Gasteiger partial charge in [0.15, 0.2) is 0 Å². The monoisotopic (exact) mass is 305 g/mol. The first-order valence-electron chi connectivity index (χ1n) is 4.01. The summed E-state index contributed by atoms with van der Waals surface area (Å²) >= 11 is 0. The summed E-state index contributed by atoms with van der Waals surface area (Å²) < 4.78 is 31.5. The van der Waals surface area contributed by atoms with E-state index >= 15 is 0 Å². The highest BCUT2D eigenvalue weighted by atomic mass is 32.2. The minimum absolute atomic E-state index is 0. The van der Waals surface area contributed by atoms with E-state index in [-0.39, 0.29) is 52.0 Å². The van der Waals surface area contributed by atoms with Crippen LogP contribution in [0.1, 0.15) is 93.0 Å². The van der Waals surface area contributed by atoms with Crippen LogP contribution in [0.5, 0.6) is 0 Å². The van der Waals surface area contributed by atoms with Crippen LogP contribution < -0.4 is 0 Å². The largest absolute Gasteiger partial charge is 0.748 e. The first-order chi connectivity index (χ1) is 5.06. The number of hydrogen-bond acceptors (Lipinski definition) is 3. The Morgan fingerprint density at radius 3 is 1.05 bits per heavy atom. The van der Waals surface area contributed by atoms with Gasteiger partial charge in [-0.15, -0.1) is 0 Å². The smallest absolute Gasteiger partial charge is 0.100 e. The molecule has 0 aromatic rings. The maximum absolute atomic E-state index is 10.9. The molecule has 0 aliphatic heterocycles. The first kappa shape index (κ1) is 51.0. The molecular weight excluding hydrogens is 260 g/mol. The van der Waals surface area contributed by atoms with Gasteiger partial charge in [-0.25, -0.2) is 8.42 Å². The molecule has 0 aromatic heterocycles. The summed E-state index contributed by atoms with van der Waals surface area (Å²) in [6.07, 6.45) is 0.668. The van der Waals surface area contributed by atoms with Gasteiger partial charge in [-0.3, -0.25) is 0 Å². The topological polar surface area (TPSA) is 57.2 Å². The van der Waals surface area contributed by atoms with E-state index in [1.807, 2.05) is 6.92 Å². The standard InChI is InChI=1S/C8H18O3S.7CH4/c1-6-7(2,3)8(4,5)12(9,10)11;;;;;;;/h6H2,1-5H3,(H,9,10,11);7*1H4/p-1. The average molecular weight is 306 g/mol. The van der Waals surface area contributed by atoms with Crippen LogP contribution in [0, 0.1) is 5.41 Å². The molecule has 0 amide bonds. The van der Waals surface area contributed by atoms with E-state index in [1.54, 1.807) is 13.8 Å². The van der Waals surface area contributed by atoms with Crippen LogP contribution in [0.15, 0.2) is 0 Å². The molecule has 0 bridgehead atoms. The summed E-state index contributed by atoms with van der Waals surface area (Å²) in [4.78, 5) is 0. The minimum atomic E-state index is -4.22. The van der Waals surface area contributed by atoms with Crippen molar-refractivity contribution < 1.29 is 13.0 Å². The molecule has 0 aliphatic rings. The van der Waals surface area contributed by atoms with Crippen LogP contribution in [0.25, 0.3) is 0 Å². The van der Waals surface area contributed by atoms with Crippen molar-refractivity contribution in [3.05, 3.63) is 0 Å². The zero-order valence-corrected chi connectivity index (χ0v) is 9.16. The fourth-order valence-corrected chi connectivity index (χ4v) is 1.59. The Bertz CT molecular complexity index is 253. The molecule has 0 aromatic carbocycles. The van der Waals surface area contributed by atoms with Crippen molar-refractivity contribution in [2.24, 2.45) is 5.41 Å². The van der Waals surface area contributed by atoms with Crippen molar-refractivity contribution in [1.29, 1.82) is 0 Å². The van der Waals surface area contributed by atoms with Gasteiger partial charge in [-0.05, 0) is 25.7 Å². The summed E-state index contributed by atoms with van der Waals surface area (Å²) in [6.45, 7) is 8.44. The summed E-state index contributed by atoms with van der Waals surface area (Å²) in [7, 11) is -4.22. The summed E-state index contributed by atoms with van der Waals surface area (Å²) in [5, 5.41) is 0. The Kier molecular flexibility index (Phi) is 38.4.